The number of hydrogen-bond donors (Lipinski definition) is 0. The van der Waals surface area contributed by atoms with Gasteiger partial charge >= 0.3 is 0 Å². The van der Waals surface area contributed by atoms with Crippen molar-refractivity contribution >= 4 is 27.3 Å². The summed E-state index contributed by atoms with van der Waals surface area (Å²) in [6.07, 6.45) is 0.424. The summed E-state index contributed by atoms with van der Waals surface area (Å²) in [5.41, 5.74) is 0.453. The van der Waals surface area contributed by atoms with Gasteiger partial charge in [0, 0.05) is 25.6 Å². The van der Waals surface area contributed by atoms with Crippen molar-refractivity contribution in [3.8, 4) is 11.5 Å². The fourth-order valence-corrected chi connectivity index (χ4v) is 4.99. The highest BCUT2D eigenvalue weighted by Crippen LogP contribution is 2.32. The number of hydrogen-bond acceptors (Lipinski definition) is 6. The van der Waals surface area contributed by atoms with Crippen LogP contribution >= 0.6 is 0 Å². The van der Waals surface area contributed by atoms with Gasteiger partial charge in [-0.2, -0.15) is 0 Å². The smallest absolute Gasteiger partial charge is 0.242 e. The summed E-state index contributed by atoms with van der Waals surface area (Å²) in [7, 11) is -0.112. The standard InChI is InChI=1S/C18H26N2O6S/c1-5-19(14-8-9-27(23,24)12-14)18(22)11-20(13(2)21)16-7-6-15(25-3)10-17(16)26-4/h6-7,10,14H,5,8-9,11-12H2,1-4H3. The fourth-order valence-electron chi connectivity index (χ4n) is 3.26. The van der Waals surface area contributed by atoms with E-state index in [-0.39, 0.29) is 35.9 Å². The monoisotopic (exact) mass is 398 g/mol. The van der Waals surface area contributed by atoms with Crippen molar-refractivity contribution in [2.24, 2.45) is 0 Å². The van der Waals surface area contributed by atoms with Crippen LogP contribution in [-0.4, -0.2) is 70.0 Å². The van der Waals surface area contributed by atoms with Gasteiger partial charge in [0.15, 0.2) is 9.84 Å². The molecule has 1 aromatic carbocycles. The predicted molar refractivity (Wildman–Crippen MR) is 102 cm³/mol. The van der Waals surface area contributed by atoms with Crippen LogP contribution in [0.4, 0.5) is 5.69 Å². The second-order valence-corrected chi connectivity index (χ2v) is 8.61. The molecule has 1 atom stereocenters. The fraction of sp³-hybridized carbons (Fsp3) is 0.556. The zero-order valence-electron chi connectivity index (χ0n) is 16.1. The number of ether oxygens (including phenoxy) is 2. The number of sulfone groups is 1. The molecule has 0 saturated carbocycles. The second-order valence-electron chi connectivity index (χ2n) is 6.38. The van der Waals surface area contributed by atoms with Gasteiger partial charge in [-0.3, -0.25) is 14.5 Å². The average molecular weight is 398 g/mol. The highest BCUT2D eigenvalue weighted by atomic mass is 32.2. The van der Waals surface area contributed by atoms with E-state index in [0.29, 0.717) is 30.2 Å². The Balaban J connectivity index is 2.25. The van der Waals surface area contributed by atoms with Crippen molar-refractivity contribution in [1.29, 1.82) is 0 Å². The van der Waals surface area contributed by atoms with E-state index in [9.17, 15) is 18.0 Å². The van der Waals surface area contributed by atoms with Crippen LogP contribution in [0.2, 0.25) is 0 Å². The Morgan fingerprint density at radius 3 is 2.41 bits per heavy atom. The number of anilines is 1. The topological polar surface area (TPSA) is 93.2 Å². The van der Waals surface area contributed by atoms with E-state index in [1.165, 1.54) is 30.9 Å². The van der Waals surface area contributed by atoms with Gasteiger partial charge in [0.2, 0.25) is 11.8 Å². The van der Waals surface area contributed by atoms with Crippen molar-refractivity contribution in [3.05, 3.63) is 18.2 Å². The molecule has 2 amide bonds. The first-order valence-electron chi connectivity index (χ1n) is 8.72. The van der Waals surface area contributed by atoms with Crippen LogP contribution in [0.1, 0.15) is 20.3 Å². The number of amides is 2. The first-order valence-corrected chi connectivity index (χ1v) is 10.5. The van der Waals surface area contributed by atoms with Crippen molar-refractivity contribution in [2.75, 3.05) is 43.7 Å². The van der Waals surface area contributed by atoms with Crippen molar-refractivity contribution in [3.63, 3.8) is 0 Å². The van der Waals surface area contributed by atoms with Gasteiger partial charge in [0.05, 0.1) is 31.4 Å². The summed E-state index contributed by atoms with van der Waals surface area (Å²) >= 11 is 0. The summed E-state index contributed by atoms with van der Waals surface area (Å²) in [6, 6.07) is 4.62. The normalized spacial score (nSPS) is 18.0. The molecule has 0 bridgehead atoms. The maximum absolute atomic E-state index is 12.9. The Labute approximate surface area is 160 Å². The third-order valence-electron chi connectivity index (χ3n) is 4.66. The van der Waals surface area contributed by atoms with Crippen molar-refractivity contribution < 1.29 is 27.5 Å². The first kappa shape index (κ1) is 21.0. The number of rotatable bonds is 7. The van der Waals surface area contributed by atoms with E-state index in [1.54, 1.807) is 25.1 Å². The SMILES string of the molecule is CCN(C(=O)CN(C(C)=O)c1ccc(OC)cc1OC)C1CCS(=O)(=O)C1. The average Bonchev–Trinajstić information content (AvgIpc) is 2.99. The zero-order chi connectivity index (χ0) is 20.2. The summed E-state index contributed by atoms with van der Waals surface area (Å²) < 4.78 is 34.0. The lowest BCUT2D eigenvalue weighted by molar-refractivity contribution is -0.132. The molecule has 1 fully saturated rings. The van der Waals surface area contributed by atoms with E-state index in [4.69, 9.17) is 9.47 Å². The Morgan fingerprint density at radius 2 is 1.93 bits per heavy atom. The third-order valence-corrected chi connectivity index (χ3v) is 6.41. The van der Waals surface area contributed by atoms with Crippen LogP contribution in [0.15, 0.2) is 18.2 Å². The van der Waals surface area contributed by atoms with Gasteiger partial charge in [0.1, 0.15) is 18.0 Å². The second kappa shape index (κ2) is 8.60. The molecule has 1 saturated heterocycles. The van der Waals surface area contributed by atoms with Gasteiger partial charge in [-0.1, -0.05) is 0 Å². The molecule has 1 aromatic rings. The molecule has 0 N–H and O–H groups in total. The molecule has 150 valence electrons. The lowest BCUT2D eigenvalue weighted by atomic mass is 10.2. The summed E-state index contributed by atoms with van der Waals surface area (Å²) in [5, 5.41) is 0. The molecular weight excluding hydrogens is 372 g/mol. The van der Waals surface area contributed by atoms with Crippen LogP contribution in [0.5, 0.6) is 11.5 Å². The zero-order valence-corrected chi connectivity index (χ0v) is 16.9. The van der Waals surface area contributed by atoms with E-state index in [1.807, 2.05) is 0 Å². The van der Waals surface area contributed by atoms with Crippen LogP contribution in [0.25, 0.3) is 0 Å². The Kier molecular flexibility index (Phi) is 6.69. The lowest BCUT2D eigenvalue weighted by Crippen LogP contribution is -2.47. The molecule has 0 aromatic heterocycles. The number of carbonyl (C=O) groups excluding carboxylic acids is 2. The molecule has 1 unspecified atom stereocenters. The Hall–Kier alpha value is -2.29. The van der Waals surface area contributed by atoms with Gasteiger partial charge in [-0.05, 0) is 25.5 Å². The maximum atomic E-state index is 12.9. The number of benzene rings is 1. The minimum absolute atomic E-state index is 0.0293. The molecule has 27 heavy (non-hydrogen) atoms. The lowest BCUT2D eigenvalue weighted by Gasteiger charge is -2.30. The molecule has 0 radical (unpaired) electrons. The number of carbonyl (C=O) groups is 2. The van der Waals surface area contributed by atoms with E-state index in [0.717, 1.165) is 0 Å². The third kappa shape index (κ3) is 4.91. The van der Waals surface area contributed by atoms with Gasteiger partial charge < -0.3 is 14.4 Å². The Morgan fingerprint density at radius 1 is 1.22 bits per heavy atom. The van der Waals surface area contributed by atoms with Gasteiger partial charge in [-0.15, -0.1) is 0 Å². The van der Waals surface area contributed by atoms with E-state index in [2.05, 4.69) is 0 Å². The van der Waals surface area contributed by atoms with Crippen LogP contribution in [0.3, 0.4) is 0 Å². The molecule has 8 nitrogen and oxygen atoms in total. The first-order chi connectivity index (χ1) is 12.7. The molecule has 0 aliphatic carbocycles. The minimum Gasteiger partial charge on any atom is -0.497 e. The number of methoxy groups -OCH3 is 2. The predicted octanol–water partition coefficient (Wildman–Crippen LogP) is 1.09. The molecular formula is C18H26N2O6S. The molecule has 9 heteroatoms. The summed E-state index contributed by atoms with van der Waals surface area (Å²) in [5.74, 6) is 0.415. The highest BCUT2D eigenvalue weighted by Gasteiger charge is 2.34. The van der Waals surface area contributed by atoms with Crippen LogP contribution < -0.4 is 14.4 Å². The Bertz CT molecular complexity index is 808. The molecule has 1 aliphatic rings. The van der Waals surface area contributed by atoms with Gasteiger partial charge in [0.25, 0.3) is 0 Å². The van der Waals surface area contributed by atoms with Crippen LogP contribution in [0, 0.1) is 0 Å². The molecule has 2 rings (SSSR count). The van der Waals surface area contributed by atoms with Crippen LogP contribution in [-0.2, 0) is 19.4 Å². The largest absolute Gasteiger partial charge is 0.497 e. The maximum Gasteiger partial charge on any atom is 0.242 e. The summed E-state index contributed by atoms with van der Waals surface area (Å²) in [6.45, 7) is 3.36. The quantitative estimate of drug-likeness (QED) is 0.683. The van der Waals surface area contributed by atoms with E-state index >= 15 is 0 Å². The number of likely N-dealkylation sites (N-methyl/N-ethyl adjacent to an activating group) is 1. The van der Waals surface area contributed by atoms with E-state index < -0.39 is 9.84 Å². The molecule has 0 spiro atoms. The number of nitrogens with zero attached hydrogens (tertiary/aromatic N) is 2. The van der Waals surface area contributed by atoms with Gasteiger partial charge in [-0.25, -0.2) is 8.42 Å². The highest BCUT2D eigenvalue weighted by molar-refractivity contribution is 7.91. The minimum atomic E-state index is -3.11. The molecule has 1 aliphatic heterocycles. The van der Waals surface area contributed by atoms with Crippen molar-refractivity contribution in [2.45, 2.75) is 26.3 Å². The summed E-state index contributed by atoms with van der Waals surface area (Å²) in [4.78, 5) is 27.9. The van der Waals surface area contributed by atoms with Crippen molar-refractivity contribution in [1.82, 2.24) is 4.90 Å². The molecule has 1 heterocycles.